The molecule has 10 heteroatoms. The van der Waals surface area contributed by atoms with E-state index in [1.54, 1.807) is 25.9 Å². The second-order valence-electron chi connectivity index (χ2n) is 7.09. The number of aromatic nitrogens is 6. The van der Waals surface area contributed by atoms with Gasteiger partial charge >= 0.3 is 0 Å². The van der Waals surface area contributed by atoms with Crippen LogP contribution in [0, 0.1) is 0 Å². The largest absolute Gasteiger partial charge is 0.383 e. The molecule has 31 heavy (non-hydrogen) atoms. The zero-order chi connectivity index (χ0) is 21.5. The number of para-hydroxylation sites is 1. The maximum Gasteiger partial charge on any atom is 0.262 e. The van der Waals surface area contributed by atoms with Gasteiger partial charge in [0.1, 0.15) is 5.82 Å². The van der Waals surface area contributed by atoms with E-state index in [1.165, 1.54) is 4.57 Å². The van der Waals surface area contributed by atoms with Crippen LogP contribution in [0.15, 0.2) is 52.4 Å². The molecule has 8 nitrogen and oxygen atoms in total. The van der Waals surface area contributed by atoms with Crippen LogP contribution < -0.4 is 5.56 Å². The number of rotatable bonds is 6. The lowest BCUT2D eigenvalue weighted by Gasteiger charge is -2.09. The number of thioether (sulfide) groups is 1. The minimum Gasteiger partial charge on any atom is -0.383 e. The molecule has 3 heterocycles. The quantitative estimate of drug-likeness (QED) is 0.365. The second-order valence-corrected chi connectivity index (χ2v) is 8.47. The molecule has 2 aromatic carbocycles. The number of ether oxygens (including phenoxy) is 1. The van der Waals surface area contributed by atoms with Crippen molar-refractivity contribution in [2.24, 2.45) is 7.05 Å². The van der Waals surface area contributed by atoms with Gasteiger partial charge in [-0.1, -0.05) is 35.5 Å². The fraction of sp³-hybridized carbons (Fsp3) is 0.238. The number of aryl methyl sites for hydroxylation is 1. The van der Waals surface area contributed by atoms with Crippen molar-refractivity contribution in [3.63, 3.8) is 0 Å². The summed E-state index contributed by atoms with van der Waals surface area (Å²) in [6, 6.07) is 13.2. The maximum absolute atomic E-state index is 12.6. The molecule has 0 unspecified atom stereocenters. The Morgan fingerprint density at radius 3 is 2.81 bits per heavy atom. The molecule has 0 N–H and O–H groups in total. The maximum atomic E-state index is 12.6. The van der Waals surface area contributed by atoms with E-state index in [0.29, 0.717) is 35.1 Å². The predicted molar refractivity (Wildman–Crippen MR) is 122 cm³/mol. The van der Waals surface area contributed by atoms with Gasteiger partial charge in [-0.3, -0.25) is 13.8 Å². The molecule has 0 aliphatic carbocycles. The van der Waals surface area contributed by atoms with Crippen LogP contribution in [0.5, 0.6) is 0 Å². The summed E-state index contributed by atoms with van der Waals surface area (Å²) in [5.74, 6) is 1.79. The molecule has 158 valence electrons. The van der Waals surface area contributed by atoms with Crippen molar-refractivity contribution in [3.05, 3.63) is 63.7 Å². The smallest absolute Gasteiger partial charge is 0.262 e. The number of imidazole rings is 1. The van der Waals surface area contributed by atoms with Gasteiger partial charge in [-0.05, 0) is 30.3 Å². The monoisotopic (exact) mass is 454 g/mol. The van der Waals surface area contributed by atoms with Gasteiger partial charge in [0.25, 0.3) is 5.56 Å². The average Bonchev–Trinajstić information content (AvgIpc) is 3.35. The Bertz CT molecular complexity index is 1490. The molecule has 0 atom stereocenters. The van der Waals surface area contributed by atoms with Gasteiger partial charge < -0.3 is 9.30 Å². The van der Waals surface area contributed by atoms with E-state index >= 15 is 0 Å². The first-order chi connectivity index (χ1) is 15.1. The lowest BCUT2D eigenvalue weighted by atomic mass is 10.2. The molecule has 0 saturated heterocycles. The molecule has 0 aliphatic rings. The van der Waals surface area contributed by atoms with Crippen LogP contribution in [0.1, 0.15) is 5.82 Å². The summed E-state index contributed by atoms with van der Waals surface area (Å²) in [5.41, 5.74) is 2.54. The molecule has 0 aliphatic heterocycles. The molecule has 3 aromatic heterocycles. The molecule has 5 rings (SSSR count). The molecule has 0 fully saturated rings. The highest BCUT2D eigenvalue weighted by Gasteiger charge is 2.17. The first-order valence-corrected chi connectivity index (χ1v) is 11.0. The second kappa shape index (κ2) is 7.99. The normalized spacial score (nSPS) is 11.8. The Morgan fingerprint density at radius 1 is 1.13 bits per heavy atom. The van der Waals surface area contributed by atoms with Crippen LogP contribution in [-0.2, 0) is 24.1 Å². The van der Waals surface area contributed by atoms with Crippen LogP contribution in [0.2, 0.25) is 5.02 Å². The van der Waals surface area contributed by atoms with E-state index in [-0.39, 0.29) is 5.56 Å². The number of hydrogen-bond donors (Lipinski definition) is 0. The lowest BCUT2D eigenvalue weighted by Crippen LogP contribution is -2.20. The van der Waals surface area contributed by atoms with Crippen molar-refractivity contribution in [1.29, 1.82) is 0 Å². The van der Waals surface area contributed by atoms with Crippen molar-refractivity contribution < 1.29 is 4.74 Å². The summed E-state index contributed by atoms with van der Waals surface area (Å²) < 4.78 is 10.9. The molecule has 0 radical (unpaired) electrons. The predicted octanol–water partition coefficient (Wildman–Crippen LogP) is 3.52. The van der Waals surface area contributed by atoms with Crippen LogP contribution in [0.4, 0.5) is 0 Å². The van der Waals surface area contributed by atoms with Crippen LogP contribution in [0.3, 0.4) is 0 Å². The summed E-state index contributed by atoms with van der Waals surface area (Å²) in [6.07, 6.45) is 0. The number of halogens is 1. The van der Waals surface area contributed by atoms with Crippen LogP contribution >= 0.6 is 23.4 Å². The highest BCUT2D eigenvalue weighted by molar-refractivity contribution is 7.98. The molecular formula is C21H19ClN6O2S. The van der Waals surface area contributed by atoms with E-state index < -0.39 is 0 Å². The number of methoxy groups -OCH3 is 1. The summed E-state index contributed by atoms with van der Waals surface area (Å²) in [7, 11) is 3.39. The number of nitrogens with zero attached hydrogens (tertiary/aromatic N) is 6. The van der Waals surface area contributed by atoms with Gasteiger partial charge in [0, 0.05) is 25.7 Å². The number of hydrogen-bond acceptors (Lipinski definition) is 6. The van der Waals surface area contributed by atoms with Gasteiger partial charge in [0.2, 0.25) is 5.78 Å². The Hall–Kier alpha value is -2.88. The van der Waals surface area contributed by atoms with Gasteiger partial charge in [-0.2, -0.15) is 0 Å². The van der Waals surface area contributed by atoms with Gasteiger partial charge in [0.15, 0.2) is 5.16 Å². The van der Waals surface area contributed by atoms with E-state index in [0.717, 1.165) is 27.5 Å². The first kappa shape index (κ1) is 20.0. The topological polar surface area (TPSA) is 79.2 Å². The minimum absolute atomic E-state index is 0.0899. The van der Waals surface area contributed by atoms with Crippen molar-refractivity contribution in [3.8, 4) is 0 Å². The van der Waals surface area contributed by atoms with Gasteiger partial charge in [-0.15, -0.1) is 10.2 Å². The molecular weight excluding hydrogens is 436 g/mol. The minimum atomic E-state index is -0.0899. The van der Waals surface area contributed by atoms with Gasteiger partial charge in [0.05, 0.1) is 34.3 Å². The highest BCUT2D eigenvalue weighted by Crippen LogP contribution is 2.28. The molecule has 0 amide bonds. The van der Waals surface area contributed by atoms with Crippen molar-refractivity contribution in [2.45, 2.75) is 17.5 Å². The summed E-state index contributed by atoms with van der Waals surface area (Å²) in [5, 5.41) is 10.8. The SMILES string of the molecule is COCCn1c(SCc2nnc3n(C)c(=O)c4ccccc4n23)nc2cc(Cl)ccc21. The third-order valence-corrected chi connectivity index (χ3v) is 6.43. The fourth-order valence-corrected chi connectivity index (χ4v) is 4.82. The first-order valence-electron chi connectivity index (χ1n) is 9.67. The van der Waals surface area contributed by atoms with Crippen LogP contribution in [0.25, 0.3) is 27.7 Å². The van der Waals surface area contributed by atoms with E-state index in [2.05, 4.69) is 14.8 Å². The van der Waals surface area contributed by atoms with Crippen molar-refractivity contribution in [1.82, 2.24) is 28.7 Å². The highest BCUT2D eigenvalue weighted by atomic mass is 35.5. The number of fused-ring (bicyclic) bond motifs is 4. The summed E-state index contributed by atoms with van der Waals surface area (Å²) >= 11 is 7.72. The molecule has 0 bridgehead atoms. The standard InChI is InChI=1S/C21H19ClN6O2S/c1-26-19(29)14-5-3-4-6-16(14)28-18(24-25-20(26)28)12-31-21-23-15-11-13(22)7-8-17(15)27(21)9-10-30-2/h3-8,11H,9-10,12H2,1-2H3. The van der Waals surface area contributed by atoms with Crippen molar-refractivity contribution >= 4 is 51.1 Å². The van der Waals surface area contributed by atoms with E-state index in [4.69, 9.17) is 21.3 Å². The Balaban J connectivity index is 1.57. The Labute approximate surface area is 186 Å². The average molecular weight is 455 g/mol. The fourth-order valence-electron chi connectivity index (χ4n) is 3.70. The van der Waals surface area contributed by atoms with E-state index in [1.807, 2.05) is 46.9 Å². The lowest BCUT2D eigenvalue weighted by molar-refractivity contribution is 0.186. The third kappa shape index (κ3) is 3.38. The van der Waals surface area contributed by atoms with Gasteiger partial charge in [-0.25, -0.2) is 4.98 Å². The zero-order valence-electron chi connectivity index (χ0n) is 16.9. The molecule has 0 spiro atoms. The summed E-state index contributed by atoms with van der Waals surface area (Å²) in [6.45, 7) is 1.25. The van der Waals surface area contributed by atoms with Crippen LogP contribution in [-0.4, -0.2) is 42.4 Å². The Kier molecular flexibility index (Phi) is 5.17. The molecule has 0 saturated carbocycles. The van der Waals surface area contributed by atoms with E-state index in [9.17, 15) is 4.79 Å². The third-order valence-electron chi connectivity index (χ3n) is 5.22. The van der Waals surface area contributed by atoms with Crippen molar-refractivity contribution in [2.75, 3.05) is 13.7 Å². The summed E-state index contributed by atoms with van der Waals surface area (Å²) in [4.78, 5) is 17.4. The zero-order valence-corrected chi connectivity index (χ0v) is 18.5. The number of benzene rings is 2. The molecule has 5 aromatic rings. The Morgan fingerprint density at radius 2 is 1.97 bits per heavy atom.